The molecule has 2 aromatic heterocycles. The summed E-state index contributed by atoms with van der Waals surface area (Å²) in [4.78, 5) is 9.83. The third-order valence-electron chi connectivity index (χ3n) is 6.30. The van der Waals surface area contributed by atoms with Gasteiger partial charge in [-0.3, -0.25) is 0 Å². The Bertz CT molecular complexity index is 1180. The van der Waals surface area contributed by atoms with E-state index >= 15 is 0 Å². The number of nitrogens with one attached hydrogen (secondary N) is 2. The van der Waals surface area contributed by atoms with Crippen LogP contribution in [-0.4, -0.2) is 65.3 Å². The van der Waals surface area contributed by atoms with Crippen LogP contribution < -0.4 is 15.4 Å². The Morgan fingerprint density at radius 1 is 1.25 bits per heavy atom. The Kier molecular flexibility index (Phi) is 8.46. The van der Waals surface area contributed by atoms with E-state index in [1.807, 2.05) is 20.8 Å². The van der Waals surface area contributed by atoms with Crippen LogP contribution in [0.3, 0.4) is 0 Å². The number of rotatable bonds is 9. The molecule has 0 aliphatic carbocycles. The molecule has 0 radical (unpaired) electrons. The van der Waals surface area contributed by atoms with Crippen molar-refractivity contribution < 1.29 is 19.1 Å². The Balaban J connectivity index is 1.76. The Morgan fingerprint density at radius 3 is 2.75 bits per heavy atom. The molecule has 0 saturated carbocycles. The summed E-state index contributed by atoms with van der Waals surface area (Å²) in [6.07, 6.45) is 1.33. The smallest absolute Gasteiger partial charge is 0.163 e. The summed E-state index contributed by atoms with van der Waals surface area (Å²) in [6.45, 7) is 9.15. The highest BCUT2D eigenvalue weighted by Crippen LogP contribution is 2.36. The van der Waals surface area contributed by atoms with E-state index in [2.05, 4.69) is 22.7 Å². The van der Waals surface area contributed by atoms with E-state index < -0.39 is 6.10 Å². The number of ether oxygens (including phenoxy) is 2. The van der Waals surface area contributed by atoms with Crippen LogP contribution in [0.25, 0.3) is 22.6 Å². The summed E-state index contributed by atoms with van der Waals surface area (Å²) in [5.41, 5.74) is 3.89. The normalized spacial score (nSPS) is 18.8. The van der Waals surface area contributed by atoms with Crippen molar-refractivity contribution in [3.63, 3.8) is 0 Å². The first-order valence-electron chi connectivity index (χ1n) is 12.2. The highest BCUT2D eigenvalue weighted by Gasteiger charge is 2.25. The molecule has 3 atom stereocenters. The molecule has 1 saturated heterocycles. The van der Waals surface area contributed by atoms with Crippen molar-refractivity contribution in [2.45, 2.75) is 58.8 Å². The second kappa shape index (κ2) is 11.6. The number of nitrogens with zero attached hydrogens (tertiary/aromatic N) is 3. The molecule has 0 amide bonds. The van der Waals surface area contributed by atoms with Crippen molar-refractivity contribution in [2.75, 3.05) is 32.1 Å². The van der Waals surface area contributed by atoms with Crippen LogP contribution in [0.2, 0.25) is 5.02 Å². The quantitative estimate of drug-likeness (QED) is 0.383. The van der Waals surface area contributed by atoms with E-state index in [1.54, 1.807) is 25.2 Å². The number of aliphatic hydroxyl groups is 1. The van der Waals surface area contributed by atoms with Crippen LogP contribution in [0.5, 0.6) is 5.75 Å². The number of anilines is 1. The molecule has 3 aromatic rings. The van der Waals surface area contributed by atoms with Gasteiger partial charge in [0.05, 0.1) is 28.1 Å². The summed E-state index contributed by atoms with van der Waals surface area (Å²) in [5, 5.41) is 21.2. The van der Waals surface area contributed by atoms with Crippen LogP contribution in [-0.2, 0) is 4.74 Å². The van der Waals surface area contributed by atoms with Crippen LogP contribution in [0.1, 0.15) is 36.8 Å². The molecule has 0 bridgehead atoms. The van der Waals surface area contributed by atoms with Crippen molar-refractivity contribution >= 4 is 17.4 Å². The van der Waals surface area contributed by atoms with E-state index in [1.165, 1.54) is 0 Å². The molecular formula is C26H34ClN5O4. The number of likely N-dealkylation sites (N-methyl/N-ethyl adjacent to an activating group) is 1. The number of hydrogen-bond donors (Lipinski definition) is 3. The fourth-order valence-corrected chi connectivity index (χ4v) is 4.62. The van der Waals surface area contributed by atoms with Crippen molar-refractivity contribution in [1.82, 2.24) is 20.4 Å². The summed E-state index contributed by atoms with van der Waals surface area (Å²) in [7, 11) is 1.78. The highest BCUT2D eigenvalue weighted by molar-refractivity contribution is 6.33. The fraction of sp³-hybridized carbons (Fsp3) is 0.500. The molecule has 194 valence electrons. The summed E-state index contributed by atoms with van der Waals surface area (Å²) in [6, 6.07) is 5.55. The summed E-state index contributed by atoms with van der Waals surface area (Å²) < 4.78 is 17.0. The molecule has 1 aliphatic rings. The second-order valence-electron chi connectivity index (χ2n) is 9.28. The molecule has 1 aromatic carbocycles. The Hall–Kier alpha value is -2.72. The maximum atomic E-state index is 10.0. The molecule has 1 aliphatic heterocycles. The number of aryl methyl sites for hydroxylation is 2. The highest BCUT2D eigenvalue weighted by atomic mass is 35.5. The van der Waals surface area contributed by atoms with Gasteiger partial charge in [-0.1, -0.05) is 16.8 Å². The minimum Gasteiger partial charge on any atom is -0.491 e. The van der Waals surface area contributed by atoms with Crippen LogP contribution in [0.15, 0.2) is 22.7 Å². The van der Waals surface area contributed by atoms with E-state index in [-0.39, 0.29) is 18.8 Å². The lowest BCUT2D eigenvalue weighted by molar-refractivity contribution is 0.0231. The number of halogens is 1. The zero-order valence-electron chi connectivity index (χ0n) is 21.4. The molecular weight excluding hydrogens is 482 g/mol. The van der Waals surface area contributed by atoms with Gasteiger partial charge in [0, 0.05) is 30.3 Å². The van der Waals surface area contributed by atoms with Crippen molar-refractivity contribution in [3.05, 3.63) is 40.2 Å². The molecule has 0 spiro atoms. The number of aromatic nitrogens is 3. The minimum atomic E-state index is -0.631. The monoisotopic (exact) mass is 515 g/mol. The molecule has 1 fully saturated rings. The molecule has 1 unspecified atom stereocenters. The Morgan fingerprint density at radius 2 is 2.06 bits per heavy atom. The fourth-order valence-electron chi connectivity index (χ4n) is 4.42. The van der Waals surface area contributed by atoms with Crippen molar-refractivity contribution in [2.24, 2.45) is 0 Å². The predicted octanol–water partition coefficient (Wildman–Crippen LogP) is 4.32. The van der Waals surface area contributed by atoms with Gasteiger partial charge in [0.15, 0.2) is 5.82 Å². The van der Waals surface area contributed by atoms with Crippen LogP contribution in [0, 0.1) is 20.8 Å². The zero-order chi connectivity index (χ0) is 25.8. The van der Waals surface area contributed by atoms with Gasteiger partial charge in [-0.15, -0.1) is 0 Å². The topological polar surface area (TPSA) is 115 Å². The van der Waals surface area contributed by atoms with Gasteiger partial charge < -0.3 is 29.7 Å². The lowest BCUT2D eigenvalue weighted by Gasteiger charge is -2.29. The van der Waals surface area contributed by atoms with Crippen molar-refractivity contribution in [3.8, 4) is 28.4 Å². The van der Waals surface area contributed by atoms with Crippen molar-refractivity contribution in [1.29, 1.82) is 0 Å². The molecule has 4 rings (SSSR count). The van der Waals surface area contributed by atoms with Crippen LogP contribution in [0.4, 0.5) is 5.82 Å². The van der Waals surface area contributed by atoms with E-state index in [4.69, 9.17) is 35.6 Å². The standard InChI is InChI=1S/C26H34ClN5O4/c1-14-10-18(8-9-34-14)29-25-15(2)24(23-16(3)32-36-17(23)4)30-26(31-25)21-11-20(6-7-22(21)27)35-13-19(33)12-28-5/h6-7,11,14,18-19,28,33H,8-10,12-13H2,1-5H3,(H,29,30,31)/t14-,18?,19+/m0/s1. The molecule has 3 heterocycles. The lowest BCUT2D eigenvalue weighted by Crippen LogP contribution is -2.33. The third-order valence-corrected chi connectivity index (χ3v) is 6.63. The SMILES string of the molecule is CNC[C@@H](O)COc1ccc(Cl)c(-c2nc(NC3CCO[C@@H](C)C3)c(C)c(-c3c(C)noc3C)n2)c1. The van der Waals surface area contributed by atoms with Gasteiger partial charge in [-0.2, -0.15) is 0 Å². The predicted molar refractivity (Wildman–Crippen MR) is 140 cm³/mol. The van der Waals surface area contributed by atoms with Gasteiger partial charge >= 0.3 is 0 Å². The first-order valence-corrected chi connectivity index (χ1v) is 12.6. The maximum Gasteiger partial charge on any atom is 0.163 e. The zero-order valence-corrected chi connectivity index (χ0v) is 22.1. The average Bonchev–Trinajstić information content (AvgIpc) is 3.18. The van der Waals surface area contributed by atoms with Gasteiger partial charge in [-0.05, 0) is 65.8 Å². The van der Waals surface area contributed by atoms with E-state index in [0.29, 0.717) is 41.1 Å². The summed E-state index contributed by atoms with van der Waals surface area (Å²) in [5.74, 6) is 2.46. The molecule has 10 heteroatoms. The maximum absolute atomic E-state index is 10.0. The average molecular weight is 516 g/mol. The first-order chi connectivity index (χ1) is 17.3. The van der Waals surface area contributed by atoms with E-state index in [0.717, 1.165) is 41.2 Å². The second-order valence-corrected chi connectivity index (χ2v) is 9.69. The number of benzene rings is 1. The summed E-state index contributed by atoms with van der Waals surface area (Å²) >= 11 is 6.62. The Labute approximate surface area is 216 Å². The van der Waals surface area contributed by atoms with Gasteiger partial charge in [0.1, 0.15) is 30.0 Å². The largest absolute Gasteiger partial charge is 0.491 e. The van der Waals surface area contributed by atoms with Gasteiger partial charge in [-0.25, -0.2) is 9.97 Å². The van der Waals surface area contributed by atoms with Crippen LogP contribution >= 0.6 is 11.6 Å². The molecule has 3 N–H and O–H groups in total. The van der Waals surface area contributed by atoms with Gasteiger partial charge in [0.25, 0.3) is 0 Å². The minimum absolute atomic E-state index is 0.149. The lowest BCUT2D eigenvalue weighted by atomic mass is 10.0. The number of aliphatic hydroxyl groups excluding tert-OH is 1. The molecule has 9 nitrogen and oxygen atoms in total. The van der Waals surface area contributed by atoms with Gasteiger partial charge in [0.2, 0.25) is 0 Å². The third kappa shape index (κ3) is 5.98. The van der Waals surface area contributed by atoms with E-state index in [9.17, 15) is 5.11 Å². The first kappa shape index (κ1) is 26.3. The number of hydrogen-bond acceptors (Lipinski definition) is 9. The molecule has 36 heavy (non-hydrogen) atoms.